The maximum atomic E-state index is 13.2. The van der Waals surface area contributed by atoms with E-state index in [0.717, 1.165) is 188 Å². The number of halogens is 12. The lowest BCUT2D eigenvalue weighted by molar-refractivity contribution is -0.138. The van der Waals surface area contributed by atoms with Crippen molar-refractivity contribution in [1.29, 1.82) is 0 Å². The minimum Gasteiger partial charge on any atom is -0.497 e. The van der Waals surface area contributed by atoms with Crippen LogP contribution in [0.25, 0.3) is 42.8 Å². The van der Waals surface area contributed by atoms with Crippen LogP contribution in [0.15, 0.2) is 147 Å². The molecule has 27 nitrogen and oxygen atoms in total. The minimum absolute atomic E-state index is 0.0751. The second-order valence-corrected chi connectivity index (χ2v) is 33.0. The molecule has 0 saturated carbocycles. The van der Waals surface area contributed by atoms with Crippen molar-refractivity contribution in [2.45, 2.75) is 89.0 Å². The van der Waals surface area contributed by atoms with Crippen LogP contribution in [0.2, 0.25) is 0 Å². The molecule has 0 bridgehead atoms. The first kappa shape index (κ1) is 91.7. The number of benzene rings is 4. The Labute approximate surface area is 725 Å². The molecule has 4 fully saturated rings. The number of aromatic nitrogens is 12. The molecule has 125 heavy (non-hydrogen) atoms. The molecule has 1 atom stereocenters. The number of rotatable bonds is 25. The Bertz CT molecular complexity index is 5120. The number of hydrogen-bond acceptors (Lipinski definition) is 31. The molecule has 6 N–H and O–H groups in total. The summed E-state index contributed by atoms with van der Waals surface area (Å²) >= 11 is 6.13. The fraction of sp³-hybridized carbons (Fsp3) is 0.366. The Balaban J connectivity index is 0.000000143. The zero-order valence-corrected chi connectivity index (χ0v) is 70.9. The highest BCUT2D eigenvalue weighted by Gasteiger charge is 2.36. The van der Waals surface area contributed by atoms with E-state index in [0.29, 0.717) is 34.3 Å². The normalized spacial score (nSPS) is 15.6. The predicted molar refractivity (Wildman–Crippen MR) is 452 cm³/mol. The van der Waals surface area contributed by atoms with Gasteiger partial charge in [0.1, 0.15) is 65.8 Å². The fourth-order valence-electron chi connectivity index (χ4n) is 13.4. The van der Waals surface area contributed by atoms with Crippen LogP contribution in [-0.2, 0) is 55.6 Å². The Morgan fingerprint density at radius 2 is 0.688 bits per heavy atom. The van der Waals surface area contributed by atoms with Crippen molar-refractivity contribution in [3.8, 4) is 65.8 Å². The molecule has 0 radical (unpaired) electrons. The number of piperidine rings is 1. The summed E-state index contributed by atoms with van der Waals surface area (Å²) in [6.45, 7) is 13.7. The Morgan fingerprint density at radius 3 is 0.992 bits per heavy atom. The van der Waals surface area contributed by atoms with Gasteiger partial charge in [-0.1, -0.05) is 6.42 Å². The lowest BCUT2D eigenvalue weighted by Gasteiger charge is -2.26. The quantitative estimate of drug-likeness (QED) is 0.0290. The minimum atomic E-state index is -4.50. The van der Waals surface area contributed by atoms with Gasteiger partial charge >= 0.3 is 24.7 Å². The van der Waals surface area contributed by atoms with E-state index in [4.69, 9.17) is 23.7 Å². The lowest BCUT2D eigenvalue weighted by Crippen LogP contribution is -2.42. The van der Waals surface area contributed by atoms with Crippen LogP contribution in [0.4, 0.5) is 99.2 Å². The number of likely N-dealkylation sites (tertiary alicyclic amines) is 2. The maximum Gasteiger partial charge on any atom is 0.416 e. The number of alkyl halides is 12. The summed E-state index contributed by atoms with van der Waals surface area (Å²) in [6.07, 6.45) is 1.32. The number of thiazole rings is 4. The van der Waals surface area contributed by atoms with Gasteiger partial charge in [0, 0.05) is 188 Å². The number of aliphatic hydroxyl groups excluding tert-OH is 1. The number of aliphatic hydroxyl groups is 1. The lowest BCUT2D eigenvalue weighted by atomic mass is 10.1. The molecular formula is C82H85F12N21O6S4. The van der Waals surface area contributed by atoms with Gasteiger partial charge in [-0.05, 0) is 118 Å². The van der Waals surface area contributed by atoms with Crippen LogP contribution in [-0.4, -0.2) is 198 Å². The monoisotopic (exact) mass is 1820 g/mol. The first-order chi connectivity index (χ1) is 60.1. The highest BCUT2D eigenvalue weighted by molar-refractivity contribution is 7.16. The zero-order chi connectivity index (χ0) is 88.3. The number of morpholine rings is 1. The molecule has 12 aromatic rings. The van der Waals surface area contributed by atoms with Gasteiger partial charge < -0.3 is 55.4 Å². The van der Waals surface area contributed by atoms with Crippen LogP contribution in [0.1, 0.15) is 73.9 Å². The van der Waals surface area contributed by atoms with Crippen molar-refractivity contribution in [2.75, 3.05) is 128 Å². The number of hydrogen-bond donors (Lipinski definition) is 6. The highest BCUT2D eigenvalue weighted by atomic mass is 32.1. The van der Waals surface area contributed by atoms with E-state index in [1.54, 1.807) is 71.7 Å². The van der Waals surface area contributed by atoms with Gasteiger partial charge in [-0.25, -0.2) is 59.8 Å². The Kier molecular flexibility index (Phi) is 31.0. The highest BCUT2D eigenvalue weighted by Crippen LogP contribution is 2.41. The predicted octanol–water partition coefficient (Wildman–Crippen LogP) is 17.7. The molecule has 4 saturated heterocycles. The van der Waals surface area contributed by atoms with Crippen LogP contribution >= 0.6 is 45.3 Å². The average molecular weight is 1820 g/mol. The van der Waals surface area contributed by atoms with Gasteiger partial charge in [-0.3, -0.25) is 19.6 Å². The summed E-state index contributed by atoms with van der Waals surface area (Å²) in [4.78, 5) is 65.8. The van der Waals surface area contributed by atoms with Crippen LogP contribution in [0, 0.1) is 0 Å². The second-order valence-electron chi connectivity index (χ2n) is 28.6. The van der Waals surface area contributed by atoms with E-state index in [2.05, 4.69) is 106 Å². The molecule has 43 heteroatoms. The fourth-order valence-corrected chi connectivity index (χ4v) is 17.1. The van der Waals surface area contributed by atoms with Crippen molar-refractivity contribution in [3.63, 3.8) is 0 Å². The van der Waals surface area contributed by atoms with Gasteiger partial charge in [-0.2, -0.15) is 52.7 Å². The zero-order valence-electron chi connectivity index (χ0n) is 67.6. The SMILES string of the molecule is COc1cc(Nc2nccc(-c3ncc(CN4CCCCC4)s3)n2)cc(C(F)(F)F)c1.COc1cc(Nc2nccc(-c3ncc(CN4CCC[C@H]4CO)s3)n2)cc(C(F)(F)F)c1.COc1cc(Nc2nccc(-c3ncc(CN4CCNCC4)s3)n2)cc(C(F)(F)F)c1.COc1cc(Nc2nccc(-c3ncc(CN4CCOCC4)s3)n2)cc(C(F)(F)F)c1. The first-order valence-corrected chi connectivity index (χ1v) is 42.4. The maximum absolute atomic E-state index is 13.2. The largest absolute Gasteiger partial charge is 0.497 e. The van der Waals surface area contributed by atoms with E-state index >= 15 is 0 Å². The summed E-state index contributed by atoms with van der Waals surface area (Å²) < 4.78 is 183. The van der Waals surface area contributed by atoms with E-state index in [-0.39, 0.29) is 82.2 Å². The summed E-state index contributed by atoms with van der Waals surface area (Å²) in [5.41, 5.74) is -0.186. The van der Waals surface area contributed by atoms with Crippen molar-refractivity contribution in [3.05, 3.63) is 188 Å². The van der Waals surface area contributed by atoms with E-state index in [9.17, 15) is 57.8 Å². The molecule has 4 aliphatic rings. The summed E-state index contributed by atoms with van der Waals surface area (Å²) in [5.74, 6) is 1.03. The molecule has 0 spiro atoms. The van der Waals surface area contributed by atoms with Crippen molar-refractivity contribution >= 4 is 91.9 Å². The molecule has 16 rings (SSSR count). The molecule has 0 amide bonds. The number of piperazine rings is 1. The third-order valence-corrected chi connectivity index (χ3v) is 23.6. The number of nitrogens with zero attached hydrogens (tertiary/aromatic N) is 16. The number of ether oxygens (including phenoxy) is 5. The van der Waals surface area contributed by atoms with Crippen LogP contribution < -0.4 is 45.5 Å². The van der Waals surface area contributed by atoms with E-state index in [1.807, 2.05) is 18.6 Å². The third kappa shape index (κ3) is 26.5. The average Bonchev–Trinajstić information content (AvgIpc) is 1.80. The summed E-state index contributed by atoms with van der Waals surface area (Å²) in [7, 11) is 5.26. The third-order valence-electron chi connectivity index (χ3n) is 19.6. The molecule has 12 heterocycles. The van der Waals surface area contributed by atoms with Crippen molar-refractivity contribution < 1.29 is 81.5 Å². The second kappa shape index (κ2) is 42.3. The molecule has 662 valence electrons. The number of methoxy groups -OCH3 is 4. The Morgan fingerprint density at radius 1 is 0.384 bits per heavy atom. The van der Waals surface area contributed by atoms with Crippen LogP contribution in [0.5, 0.6) is 23.0 Å². The Hall–Kier alpha value is -11.0. The first-order valence-electron chi connectivity index (χ1n) is 39.1. The number of anilines is 8. The van der Waals surface area contributed by atoms with Crippen molar-refractivity contribution in [2.24, 2.45) is 0 Å². The smallest absolute Gasteiger partial charge is 0.416 e. The summed E-state index contributed by atoms with van der Waals surface area (Å²) in [6, 6.07) is 20.6. The van der Waals surface area contributed by atoms with Crippen molar-refractivity contribution in [1.82, 2.24) is 84.7 Å². The van der Waals surface area contributed by atoms with E-state index in [1.165, 1.54) is 101 Å². The molecule has 4 aromatic carbocycles. The topological polar surface area (TPSA) is 294 Å². The molecule has 0 aliphatic carbocycles. The van der Waals surface area contributed by atoms with Crippen LogP contribution in [0.3, 0.4) is 0 Å². The van der Waals surface area contributed by atoms with E-state index < -0.39 is 47.0 Å². The standard InChI is InChI=1S/C21H22F3N5O2S.C21H22F3N5OS.C20H21F3N6OS.C20H20F3N5O2S/c1-31-16-8-13(21(22,23)24)7-14(9-16)27-20-25-5-4-18(28-20)19-26-10-17(32-19)11-29-6-2-3-15(29)12-30;1-30-16-10-14(21(22,23)24)9-15(11-16)27-20-25-6-5-18(28-20)19-26-12-17(31-19)13-29-7-3-2-4-8-29;1-30-15-9-13(20(21,22)23)8-14(10-15)27-19-25-3-2-17(28-19)18-26-11-16(31-18)12-29-6-4-24-5-7-29;1-29-15-9-13(20(21,22)23)8-14(10-15)26-19-24-3-2-17(27-19)18-25-11-16(31-18)12-28-4-6-30-7-5-28/h4-5,7-10,15,30H,2-3,6,11-12H2,1H3,(H,25,27,28);5-6,9-12H,2-4,7-8,13H2,1H3,(H,25,27,28);2-3,8-11,24H,4-7,12H2,1H3,(H,25,27,28);2-3,8-11H,4-7,12H2,1H3,(H,24,26,27)/t15-;;;/m0.../s1. The molecule has 0 unspecified atom stereocenters. The van der Waals surface area contributed by atoms with Gasteiger partial charge in [0.25, 0.3) is 0 Å². The van der Waals surface area contributed by atoms with Gasteiger partial charge in [0.05, 0.1) is 70.5 Å². The molecule has 8 aromatic heterocycles. The molecular weight excluding hydrogens is 1730 g/mol. The molecule has 4 aliphatic heterocycles. The van der Waals surface area contributed by atoms with Gasteiger partial charge in [0.2, 0.25) is 23.8 Å². The number of nitrogens with one attached hydrogen (secondary N) is 5. The summed E-state index contributed by atoms with van der Waals surface area (Å²) in [5, 5.41) is 27.0. The van der Waals surface area contributed by atoms with Gasteiger partial charge in [0.15, 0.2) is 0 Å². The van der Waals surface area contributed by atoms with Gasteiger partial charge in [-0.15, -0.1) is 45.3 Å².